The minimum atomic E-state index is -0.956. The first kappa shape index (κ1) is 28.5. The molecule has 0 spiro atoms. The van der Waals surface area contributed by atoms with Crippen LogP contribution in [0.25, 0.3) is 0 Å². The lowest BCUT2D eigenvalue weighted by Crippen LogP contribution is -2.55. The normalized spacial score (nSPS) is 18.4. The van der Waals surface area contributed by atoms with Crippen LogP contribution in [0.3, 0.4) is 0 Å². The molecule has 0 saturated carbocycles. The van der Waals surface area contributed by atoms with E-state index in [2.05, 4.69) is 5.32 Å². The topological polar surface area (TPSA) is 137 Å². The summed E-state index contributed by atoms with van der Waals surface area (Å²) < 4.78 is 15.0. The van der Waals surface area contributed by atoms with Gasteiger partial charge in [0.25, 0.3) is 5.91 Å². The van der Waals surface area contributed by atoms with Crippen LogP contribution in [0.2, 0.25) is 0 Å². The Kier molecular flexibility index (Phi) is 9.25. The van der Waals surface area contributed by atoms with E-state index in [0.29, 0.717) is 64.1 Å². The van der Waals surface area contributed by atoms with Gasteiger partial charge in [-0.1, -0.05) is 13.0 Å². The highest BCUT2D eigenvalue weighted by Gasteiger charge is 2.39. The van der Waals surface area contributed by atoms with Gasteiger partial charge in [-0.15, -0.1) is 0 Å². The number of halogens is 1. The number of carbonyl (C=O) groups is 3. The maximum absolute atomic E-state index is 15.0. The number of benzene rings is 1. The largest absolute Gasteiger partial charge is 0.481 e. The Labute approximate surface area is 216 Å². The van der Waals surface area contributed by atoms with Gasteiger partial charge in [-0.3, -0.25) is 19.8 Å². The number of carbonyl (C=O) groups excluding carboxylic acids is 2. The van der Waals surface area contributed by atoms with Crippen LogP contribution in [0.5, 0.6) is 0 Å². The molecule has 1 aromatic carbocycles. The Morgan fingerprint density at radius 3 is 2.27 bits per heavy atom. The third-order valence-electron chi connectivity index (χ3n) is 7.46. The summed E-state index contributed by atoms with van der Waals surface area (Å²) in [4.78, 5) is 40.8. The van der Waals surface area contributed by atoms with Crippen LogP contribution >= 0.6 is 0 Å². The number of aliphatic carboxylic acids is 1. The number of nitrogens with one attached hydrogen (secondary N) is 2. The maximum Gasteiger partial charge on any atom is 0.303 e. The second-order valence-corrected chi connectivity index (χ2v) is 10.5. The van der Waals surface area contributed by atoms with Crippen molar-refractivity contribution in [3.8, 4) is 0 Å². The highest BCUT2D eigenvalue weighted by Crippen LogP contribution is 2.28. The van der Waals surface area contributed by atoms with Gasteiger partial charge in [0.15, 0.2) is 0 Å². The quantitative estimate of drug-likeness (QED) is 0.306. The van der Waals surface area contributed by atoms with Crippen molar-refractivity contribution < 1.29 is 29.1 Å². The van der Waals surface area contributed by atoms with E-state index < -0.39 is 29.2 Å². The summed E-state index contributed by atoms with van der Waals surface area (Å²) >= 11 is 0. The fourth-order valence-corrected chi connectivity index (χ4v) is 5.21. The number of hydrogen-bond acceptors (Lipinski definition) is 6. The van der Waals surface area contributed by atoms with Crippen LogP contribution in [0.15, 0.2) is 18.2 Å². The number of likely N-dealkylation sites (tertiary alicyclic amines) is 1. The molecule has 2 aliphatic rings. The SMILES string of the molecule is CCC(C(=O)N1CCC(CC(=O)O)CC1)C(C)(C)NC(=O)c1ccc(C(=N)N2CCN(O)CC2)cc1F. The standard InChI is InChI=1S/C26H38FN5O5/c1-4-20(25(36)31-9-7-17(8-10-31)15-22(33)34)26(2,3)29-24(35)19-6-5-18(16-21(19)27)23(28)30-11-13-32(37)14-12-30/h5-6,16-17,20,28,37H,4,7-15H2,1-3H3,(H,29,35)(H,33,34). The number of rotatable bonds is 8. The lowest BCUT2D eigenvalue weighted by Gasteiger charge is -2.39. The van der Waals surface area contributed by atoms with Gasteiger partial charge in [-0.2, -0.15) is 5.06 Å². The molecule has 4 N–H and O–H groups in total. The molecule has 1 unspecified atom stereocenters. The second-order valence-electron chi connectivity index (χ2n) is 10.5. The first-order valence-electron chi connectivity index (χ1n) is 12.8. The molecule has 0 bridgehead atoms. The van der Waals surface area contributed by atoms with Gasteiger partial charge in [0.1, 0.15) is 11.7 Å². The summed E-state index contributed by atoms with van der Waals surface area (Å²) in [7, 11) is 0. The first-order chi connectivity index (χ1) is 17.4. The predicted molar refractivity (Wildman–Crippen MR) is 135 cm³/mol. The summed E-state index contributed by atoms with van der Waals surface area (Å²) in [5.41, 5.74) is -0.781. The second kappa shape index (κ2) is 12.0. The van der Waals surface area contributed by atoms with E-state index in [1.54, 1.807) is 23.6 Å². The third-order valence-corrected chi connectivity index (χ3v) is 7.46. The van der Waals surface area contributed by atoms with E-state index in [1.807, 2.05) is 6.92 Å². The lowest BCUT2D eigenvalue weighted by atomic mass is 9.82. The number of amides is 2. The molecule has 2 heterocycles. The summed E-state index contributed by atoms with van der Waals surface area (Å²) in [6, 6.07) is 4.05. The zero-order valence-electron chi connectivity index (χ0n) is 21.8. The fraction of sp³-hybridized carbons (Fsp3) is 0.615. The Hall–Kier alpha value is -3.05. The van der Waals surface area contributed by atoms with Gasteiger partial charge >= 0.3 is 5.97 Å². The van der Waals surface area contributed by atoms with Gasteiger partial charge in [-0.25, -0.2) is 4.39 Å². The molecule has 2 amide bonds. The van der Waals surface area contributed by atoms with Crippen LogP contribution in [0.4, 0.5) is 4.39 Å². The molecule has 3 rings (SSSR count). The minimum Gasteiger partial charge on any atom is -0.481 e. The molecule has 1 atom stereocenters. The maximum atomic E-state index is 15.0. The number of hydrogen-bond donors (Lipinski definition) is 4. The molecule has 2 fully saturated rings. The monoisotopic (exact) mass is 519 g/mol. The Bertz CT molecular complexity index is 1020. The average molecular weight is 520 g/mol. The van der Waals surface area contributed by atoms with E-state index in [-0.39, 0.29) is 29.6 Å². The van der Waals surface area contributed by atoms with Gasteiger partial charge < -0.3 is 25.4 Å². The van der Waals surface area contributed by atoms with Crippen molar-refractivity contribution >= 4 is 23.6 Å². The first-order valence-corrected chi connectivity index (χ1v) is 12.8. The van der Waals surface area contributed by atoms with E-state index >= 15 is 0 Å². The summed E-state index contributed by atoms with van der Waals surface area (Å²) in [5, 5.41) is 30.9. The highest BCUT2D eigenvalue weighted by molar-refractivity contribution is 5.99. The van der Waals surface area contributed by atoms with Crippen LogP contribution in [-0.2, 0) is 9.59 Å². The molecule has 2 aliphatic heterocycles. The molecule has 10 nitrogen and oxygen atoms in total. The highest BCUT2D eigenvalue weighted by atomic mass is 19.1. The minimum absolute atomic E-state index is 0.0565. The lowest BCUT2D eigenvalue weighted by molar-refractivity contribution is -0.140. The molecule has 0 radical (unpaired) electrons. The molecule has 11 heteroatoms. The summed E-state index contributed by atoms with van der Waals surface area (Å²) in [5.74, 6) is -2.68. The summed E-state index contributed by atoms with van der Waals surface area (Å²) in [6.07, 6.45) is 1.83. The van der Waals surface area contributed by atoms with Gasteiger partial charge in [0.2, 0.25) is 5.91 Å². The molecular formula is C26H38FN5O5. The molecule has 0 aromatic heterocycles. The Morgan fingerprint density at radius 2 is 1.73 bits per heavy atom. The van der Waals surface area contributed by atoms with E-state index in [0.717, 1.165) is 0 Å². The third kappa shape index (κ3) is 7.04. The predicted octanol–water partition coefficient (Wildman–Crippen LogP) is 2.41. The molecule has 1 aromatic rings. The van der Waals surface area contributed by atoms with E-state index in [4.69, 9.17) is 10.5 Å². The van der Waals surface area contributed by atoms with Crippen molar-refractivity contribution in [3.63, 3.8) is 0 Å². The van der Waals surface area contributed by atoms with E-state index in [9.17, 15) is 24.0 Å². The number of nitrogens with zero attached hydrogens (tertiary/aromatic N) is 3. The van der Waals surface area contributed by atoms with Crippen LogP contribution in [0, 0.1) is 23.1 Å². The Morgan fingerprint density at radius 1 is 1.11 bits per heavy atom. The smallest absolute Gasteiger partial charge is 0.303 e. The van der Waals surface area contributed by atoms with Crippen LogP contribution in [0.1, 0.15) is 62.4 Å². The number of amidine groups is 1. The number of hydroxylamine groups is 2. The van der Waals surface area contributed by atoms with Crippen LogP contribution in [-0.4, -0.2) is 93.6 Å². The van der Waals surface area contributed by atoms with Crippen molar-refractivity contribution in [2.24, 2.45) is 11.8 Å². The van der Waals surface area contributed by atoms with Gasteiger partial charge in [0, 0.05) is 56.8 Å². The van der Waals surface area contributed by atoms with Gasteiger partial charge in [0.05, 0.1) is 11.5 Å². The average Bonchev–Trinajstić information content (AvgIpc) is 2.83. The van der Waals surface area contributed by atoms with Crippen LogP contribution < -0.4 is 5.32 Å². The fourth-order valence-electron chi connectivity index (χ4n) is 5.21. The van der Waals surface area contributed by atoms with Crippen molar-refractivity contribution in [3.05, 3.63) is 35.1 Å². The molecule has 204 valence electrons. The zero-order valence-corrected chi connectivity index (χ0v) is 21.8. The number of carboxylic acids is 1. The number of piperazine rings is 1. The molecule has 0 aliphatic carbocycles. The van der Waals surface area contributed by atoms with Crippen molar-refractivity contribution in [1.29, 1.82) is 5.41 Å². The van der Waals surface area contributed by atoms with Gasteiger partial charge in [-0.05, 0) is 51.2 Å². The number of carboxylic acid groups (broad SMARTS) is 1. The molecule has 37 heavy (non-hydrogen) atoms. The Balaban J connectivity index is 1.64. The molecular weight excluding hydrogens is 481 g/mol. The van der Waals surface area contributed by atoms with Crippen molar-refractivity contribution in [1.82, 2.24) is 20.2 Å². The van der Waals surface area contributed by atoms with Crippen molar-refractivity contribution in [2.75, 3.05) is 39.3 Å². The summed E-state index contributed by atoms with van der Waals surface area (Å²) in [6.45, 7) is 7.97. The van der Waals surface area contributed by atoms with Crippen molar-refractivity contribution in [2.45, 2.75) is 52.0 Å². The number of piperidine rings is 1. The van der Waals surface area contributed by atoms with E-state index in [1.165, 1.54) is 23.3 Å². The zero-order chi connectivity index (χ0) is 27.3. The molecule has 2 saturated heterocycles.